The predicted molar refractivity (Wildman–Crippen MR) is 81.6 cm³/mol. The lowest BCUT2D eigenvalue weighted by Crippen LogP contribution is -2.34. The number of nitrogens with zero attached hydrogens (tertiary/aromatic N) is 1. The Balaban J connectivity index is 2.11. The summed E-state index contributed by atoms with van der Waals surface area (Å²) in [5, 5.41) is 4.42. The SMILES string of the molecule is COCCNC(=O)[C@@H](OC(=O)c1cccs1)c1ccccn1. The van der Waals surface area contributed by atoms with Gasteiger partial charge in [0, 0.05) is 19.9 Å². The monoisotopic (exact) mass is 320 g/mol. The summed E-state index contributed by atoms with van der Waals surface area (Å²) in [6.45, 7) is 0.703. The zero-order valence-corrected chi connectivity index (χ0v) is 12.8. The highest BCUT2D eigenvalue weighted by Gasteiger charge is 2.26. The Kier molecular flexibility index (Phi) is 6.05. The summed E-state index contributed by atoms with van der Waals surface area (Å²) in [6.07, 6.45) is 0.455. The molecule has 0 aliphatic heterocycles. The number of hydrogen-bond donors (Lipinski definition) is 1. The van der Waals surface area contributed by atoms with Gasteiger partial charge in [-0.05, 0) is 23.6 Å². The van der Waals surface area contributed by atoms with Gasteiger partial charge >= 0.3 is 5.97 Å². The quantitative estimate of drug-likeness (QED) is 0.622. The van der Waals surface area contributed by atoms with Crippen LogP contribution in [0.1, 0.15) is 21.5 Å². The molecule has 1 N–H and O–H groups in total. The van der Waals surface area contributed by atoms with Crippen LogP contribution in [0.4, 0.5) is 0 Å². The maximum atomic E-state index is 12.2. The summed E-state index contributed by atoms with van der Waals surface area (Å²) in [7, 11) is 1.54. The van der Waals surface area contributed by atoms with Crippen LogP contribution in [0, 0.1) is 0 Å². The van der Waals surface area contributed by atoms with Crippen molar-refractivity contribution in [3.8, 4) is 0 Å². The van der Waals surface area contributed by atoms with E-state index in [1.54, 1.807) is 49.0 Å². The molecule has 0 fully saturated rings. The second-order valence-corrected chi connectivity index (χ2v) is 5.25. The van der Waals surface area contributed by atoms with Crippen LogP contribution in [-0.4, -0.2) is 37.1 Å². The molecule has 0 saturated carbocycles. The molecule has 0 spiro atoms. The van der Waals surface area contributed by atoms with Crippen molar-refractivity contribution >= 4 is 23.2 Å². The van der Waals surface area contributed by atoms with Gasteiger partial charge in [-0.3, -0.25) is 9.78 Å². The van der Waals surface area contributed by atoms with Gasteiger partial charge in [-0.1, -0.05) is 12.1 Å². The van der Waals surface area contributed by atoms with E-state index >= 15 is 0 Å². The smallest absolute Gasteiger partial charge is 0.349 e. The number of carbonyl (C=O) groups excluding carboxylic acids is 2. The Hall–Kier alpha value is -2.25. The van der Waals surface area contributed by atoms with E-state index < -0.39 is 18.0 Å². The van der Waals surface area contributed by atoms with Crippen molar-refractivity contribution in [3.63, 3.8) is 0 Å². The molecule has 0 bridgehead atoms. The number of hydrogen-bond acceptors (Lipinski definition) is 6. The standard InChI is InChI=1S/C15H16N2O4S/c1-20-9-8-17-14(18)13(11-5-2-3-7-16-11)21-15(19)12-6-4-10-22-12/h2-7,10,13H,8-9H2,1H3,(H,17,18)/t13-/m0/s1. The molecule has 0 unspecified atom stereocenters. The molecule has 2 aromatic heterocycles. The maximum absolute atomic E-state index is 12.2. The summed E-state index contributed by atoms with van der Waals surface area (Å²) in [6, 6.07) is 8.49. The Morgan fingerprint density at radius 1 is 1.32 bits per heavy atom. The van der Waals surface area contributed by atoms with Crippen molar-refractivity contribution in [2.75, 3.05) is 20.3 Å². The lowest BCUT2D eigenvalue weighted by molar-refractivity contribution is -0.130. The average molecular weight is 320 g/mol. The first kappa shape index (κ1) is 16.1. The van der Waals surface area contributed by atoms with Crippen LogP contribution in [-0.2, 0) is 14.3 Å². The fraction of sp³-hybridized carbons (Fsp3) is 0.267. The lowest BCUT2D eigenvalue weighted by atomic mass is 10.2. The third-order valence-corrected chi connectivity index (χ3v) is 3.60. The molecule has 0 radical (unpaired) electrons. The first-order valence-electron chi connectivity index (χ1n) is 6.64. The van der Waals surface area contributed by atoms with E-state index in [1.165, 1.54) is 11.3 Å². The number of methoxy groups -OCH3 is 1. The van der Waals surface area contributed by atoms with E-state index in [2.05, 4.69) is 10.3 Å². The van der Waals surface area contributed by atoms with E-state index in [9.17, 15) is 9.59 Å². The fourth-order valence-corrected chi connectivity index (χ4v) is 2.31. The molecule has 2 rings (SSSR count). The Morgan fingerprint density at radius 3 is 2.82 bits per heavy atom. The Morgan fingerprint density at radius 2 is 2.18 bits per heavy atom. The van der Waals surface area contributed by atoms with Gasteiger partial charge in [0.1, 0.15) is 4.88 Å². The number of esters is 1. The molecule has 116 valence electrons. The molecule has 2 heterocycles. The summed E-state index contributed by atoms with van der Waals surface area (Å²) in [5.41, 5.74) is 0.377. The fourth-order valence-electron chi connectivity index (χ4n) is 1.71. The molecule has 0 aromatic carbocycles. The summed E-state index contributed by atoms with van der Waals surface area (Å²) < 4.78 is 10.2. The molecule has 0 aliphatic rings. The number of ether oxygens (including phenoxy) is 2. The molecule has 6 nitrogen and oxygen atoms in total. The van der Waals surface area contributed by atoms with E-state index in [-0.39, 0.29) is 0 Å². The van der Waals surface area contributed by atoms with Crippen LogP contribution in [0.5, 0.6) is 0 Å². The second-order valence-electron chi connectivity index (χ2n) is 4.30. The molecular weight excluding hydrogens is 304 g/mol. The highest BCUT2D eigenvalue weighted by atomic mass is 32.1. The number of thiophene rings is 1. The highest BCUT2D eigenvalue weighted by molar-refractivity contribution is 7.11. The van der Waals surface area contributed by atoms with Crippen LogP contribution in [0.2, 0.25) is 0 Å². The number of nitrogens with one attached hydrogen (secondary N) is 1. The largest absolute Gasteiger partial charge is 0.441 e. The number of amides is 1. The van der Waals surface area contributed by atoms with Crippen molar-refractivity contribution in [2.24, 2.45) is 0 Å². The minimum Gasteiger partial charge on any atom is -0.441 e. The Labute approximate surface area is 132 Å². The van der Waals surface area contributed by atoms with Gasteiger partial charge in [-0.2, -0.15) is 0 Å². The lowest BCUT2D eigenvalue weighted by Gasteiger charge is -2.16. The second kappa shape index (κ2) is 8.26. The number of aromatic nitrogens is 1. The zero-order valence-electron chi connectivity index (χ0n) is 12.0. The molecular formula is C15H16N2O4S. The first-order chi connectivity index (χ1) is 10.7. The number of carbonyl (C=O) groups is 2. The van der Waals surface area contributed by atoms with Crippen LogP contribution >= 0.6 is 11.3 Å². The Bertz CT molecular complexity index is 601. The molecule has 22 heavy (non-hydrogen) atoms. The van der Waals surface area contributed by atoms with Crippen molar-refractivity contribution in [1.82, 2.24) is 10.3 Å². The van der Waals surface area contributed by atoms with Crippen LogP contribution in [0.15, 0.2) is 41.9 Å². The highest BCUT2D eigenvalue weighted by Crippen LogP contribution is 2.19. The molecule has 0 saturated heterocycles. The molecule has 1 atom stereocenters. The van der Waals surface area contributed by atoms with Crippen molar-refractivity contribution in [1.29, 1.82) is 0 Å². The normalized spacial score (nSPS) is 11.7. The minimum atomic E-state index is -1.09. The third kappa shape index (κ3) is 4.37. The minimum absolute atomic E-state index is 0.329. The van der Waals surface area contributed by atoms with E-state index in [0.717, 1.165) is 0 Å². The predicted octanol–water partition coefficient (Wildman–Crippen LogP) is 1.80. The van der Waals surface area contributed by atoms with Crippen molar-refractivity contribution in [3.05, 3.63) is 52.5 Å². The summed E-state index contributed by atoms with van der Waals surface area (Å²) >= 11 is 1.25. The number of pyridine rings is 1. The van der Waals surface area contributed by atoms with Crippen LogP contribution < -0.4 is 5.32 Å². The number of rotatable bonds is 7. The van der Waals surface area contributed by atoms with Gasteiger partial charge in [-0.15, -0.1) is 11.3 Å². The summed E-state index contributed by atoms with van der Waals surface area (Å²) in [4.78, 5) is 28.9. The van der Waals surface area contributed by atoms with Gasteiger partial charge in [0.2, 0.25) is 6.10 Å². The molecule has 1 amide bonds. The van der Waals surface area contributed by atoms with E-state index in [4.69, 9.17) is 9.47 Å². The maximum Gasteiger partial charge on any atom is 0.349 e. The van der Waals surface area contributed by atoms with Gasteiger partial charge in [0.25, 0.3) is 5.91 Å². The van der Waals surface area contributed by atoms with Gasteiger partial charge < -0.3 is 14.8 Å². The molecule has 7 heteroatoms. The van der Waals surface area contributed by atoms with Crippen molar-refractivity contribution in [2.45, 2.75) is 6.10 Å². The third-order valence-electron chi connectivity index (χ3n) is 2.75. The topological polar surface area (TPSA) is 77.5 Å². The van der Waals surface area contributed by atoms with E-state index in [0.29, 0.717) is 23.7 Å². The van der Waals surface area contributed by atoms with Gasteiger partial charge in [0.05, 0.1) is 12.3 Å². The van der Waals surface area contributed by atoms with E-state index in [1.807, 2.05) is 0 Å². The molecule has 2 aromatic rings. The zero-order chi connectivity index (χ0) is 15.8. The molecule has 0 aliphatic carbocycles. The first-order valence-corrected chi connectivity index (χ1v) is 7.52. The van der Waals surface area contributed by atoms with Crippen molar-refractivity contribution < 1.29 is 19.1 Å². The van der Waals surface area contributed by atoms with Crippen LogP contribution in [0.25, 0.3) is 0 Å². The summed E-state index contributed by atoms with van der Waals surface area (Å²) in [5.74, 6) is -0.979. The van der Waals surface area contributed by atoms with Gasteiger partial charge in [-0.25, -0.2) is 4.79 Å². The van der Waals surface area contributed by atoms with Crippen LogP contribution in [0.3, 0.4) is 0 Å². The van der Waals surface area contributed by atoms with Gasteiger partial charge in [0.15, 0.2) is 0 Å². The average Bonchev–Trinajstić information content (AvgIpc) is 3.08.